The number of nitrogens with zero attached hydrogens (tertiary/aromatic N) is 5. The molecule has 0 aromatic carbocycles. The fourth-order valence-electron chi connectivity index (χ4n) is 4.04. The van der Waals surface area contributed by atoms with E-state index in [0.717, 1.165) is 12.3 Å². The largest absolute Gasteiger partial charge is 0.487 e. The van der Waals surface area contributed by atoms with Gasteiger partial charge >= 0.3 is 12.4 Å². The van der Waals surface area contributed by atoms with Crippen LogP contribution >= 0.6 is 0 Å². The van der Waals surface area contributed by atoms with Gasteiger partial charge in [-0.3, -0.25) is 24.3 Å². The Morgan fingerprint density at radius 1 is 1.21 bits per heavy atom. The molecule has 2 aliphatic heterocycles. The average Bonchev–Trinajstić information content (AvgIpc) is 2.84. The summed E-state index contributed by atoms with van der Waals surface area (Å²) in [6.45, 7) is 0.535. The van der Waals surface area contributed by atoms with E-state index in [0.29, 0.717) is 6.20 Å². The van der Waals surface area contributed by atoms with Crippen LogP contribution in [0.2, 0.25) is 0 Å². The number of aromatic nitrogens is 3. The van der Waals surface area contributed by atoms with Crippen LogP contribution < -0.4 is 15.2 Å². The van der Waals surface area contributed by atoms with Crippen LogP contribution in [0.3, 0.4) is 0 Å². The van der Waals surface area contributed by atoms with Crippen molar-refractivity contribution in [1.82, 2.24) is 20.1 Å². The van der Waals surface area contributed by atoms with E-state index in [9.17, 15) is 40.7 Å². The standard InChI is InChI=1S/C22H20F6N6O5/c1-11(31-14-6-30-32-20(37)18(14)22(26,27)28)9-38-3-2-16(35)33-7-13-10-39-15-4-12(21(23,24)25)5-29-19(15)34(13)17(36)8-33/h4-6,13H,2-3,7-10H2,1H3,(H,32,37)/b31-11-/t13-/m1/s1. The topological polar surface area (TPSA) is 130 Å². The molecule has 4 heterocycles. The van der Waals surface area contributed by atoms with Gasteiger partial charge in [0, 0.05) is 18.5 Å². The van der Waals surface area contributed by atoms with Gasteiger partial charge in [0.25, 0.3) is 5.56 Å². The smallest absolute Gasteiger partial charge is 0.423 e. The number of rotatable bonds is 6. The minimum atomic E-state index is -4.95. The molecule has 2 amide bonds. The summed E-state index contributed by atoms with van der Waals surface area (Å²) < 4.78 is 89.0. The maximum absolute atomic E-state index is 13.1. The van der Waals surface area contributed by atoms with Crippen LogP contribution in [0.5, 0.6) is 5.75 Å². The molecule has 1 atom stereocenters. The third-order valence-corrected chi connectivity index (χ3v) is 5.77. The lowest BCUT2D eigenvalue weighted by molar-refractivity contribution is -0.139. The highest BCUT2D eigenvalue weighted by Crippen LogP contribution is 2.38. The molecule has 17 heteroatoms. The second kappa shape index (κ2) is 10.6. The number of anilines is 1. The fraction of sp³-hybridized carbons (Fsp3) is 0.455. The van der Waals surface area contributed by atoms with Crippen molar-refractivity contribution in [3.05, 3.63) is 39.9 Å². The molecule has 0 bridgehead atoms. The lowest BCUT2D eigenvalue weighted by Gasteiger charge is -2.43. The van der Waals surface area contributed by atoms with E-state index in [4.69, 9.17) is 9.47 Å². The Kier molecular flexibility index (Phi) is 7.63. The number of alkyl halides is 6. The Morgan fingerprint density at radius 3 is 2.64 bits per heavy atom. The number of aliphatic imine (C=N–C) groups is 1. The average molecular weight is 562 g/mol. The van der Waals surface area contributed by atoms with Crippen molar-refractivity contribution in [1.29, 1.82) is 0 Å². The highest BCUT2D eigenvalue weighted by atomic mass is 19.4. The maximum Gasteiger partial charge on any atom is 0.423 e. The maximum atomic E-state index is 13.1. The van der Waals surface area contributed by atoms with E-state index in [-0.39, 0.29) is 56.6 Å². The molecule has 4 rings (SSSR count). The quantitative estimate of drug-likeness (QED) is 0.325. The van der Waals surface area contributed by atoms with Gasteiger partial charge in [0.2, 0.25) is 11.8 Å². The van der Waals surface area contributed by atoms with Crippen molar-refractivity contribution in [3.8, 4) is 5.75 Å². The molecule has 210 valence electrons. The zero-order valence-electron chi connectivity index (χ0n) is 20.1. The van der Waals surface area contributed by atoms with E-state index in [1.807, 2.05) is 0 Å². The highest BCUT2D eigenvalue weighted by molar-refractivity contribution is 5.99. The number of piperazine rings is 1. The molecule has 0 unspecified atom stereocenters. The number of H-pyrrole nitrogens is 1. The molecule has 1 fully saturated rings. The van der Waals surface area contributed by atoms with Crippen molar-refractivity contribution < 1.29 is 45.4 Å². The number of nitrogens with one attached hydrogen (secondary N) is 1. The first-order valence-electron chi connectivity index (χ1n) is 11.3. The molecule has 39 heavy (non-hydrogen) atoms. The zero-order chi connectivity index (χ0) is 28.5. The van der Waals surface area contributed by atoms with Gasteiger partial charge in [0.05, 0.1) is 37.4 Å². The molecule has 11 nitrogen and oxygen atoms in total. The molecule has 0 spiro atoms. The number of amides is 2. The van der Waals surface area contributed by atoms with E-state index < -0.39 is 52.6 Å². The minimum Gasteiger partial charge on any atom is -0.487 e. The molecule has 0 aliphatic carbocycles. The number of aromatic amines is 1. The Morgan fingerprint density at radius 2 is 1.95 bits per heavy atom. The number of ether oxygens (including phenoxy) is 2. The lowest BCUT2D eigenvalue weighted by Crippen LogP contribution is -2.61. The number of hydrogen-bond acceptors (Lipinski definition) is 8. The van der Waals surface area contributed by atoms with Crippen molar-refractivity contribution in [3.63, 3.8) is 0 Å². The van der Waals surface area contributed by atoms with Crippen molar-refractivity contribution in [2.24, 2.45) is 4.99 Å². The third-order valence-electron chi connectivity index (χ3n) is 5.77. The summed E-state index contributed by atoms with van der Waals surface area (Å²) in [6.07, 6.45) is -8.38. The summed E-state index contributed by atoms with van der Waals surface area (Å²) >= 11 is 0. The number of hydrogen-bond donors (Lipinski definition) is 1. The number of pyridine rings is 1. The molecule has 2 aromatic heterocycles. The molecule has 2 aromatic rings. The van der Waals surface area contributed by atoms with Crippen LogP contribution in [0, 0.1) is 0 Å². The SMILES string of the molecule is C/C(COCCC(=O)N1CC(=O)N2c3ncc(C(F)(F)F)cc3OC[C@H]2C1)=N/c1cn[nH]c(=O)c1C(F)(F)F. The Bertz CT molecular complexity index is 1360. The zero-order valence-corrected chi connectivity index (χ0v) is 20.1. The van der Waals surface area contributed by atoms with Gasteiger partial charge in [-0.1, -0.05) is 0 Å². The molecule has 0 radical (unpaired) electrons. The Labute approximate surface area is 215 Å². The van der Waals surface area contributed by atoms with Gasteiger partial charge in [-0.05, 0) is 13.0 Å². The Hall–Kier alpha value is -4.02. The second-order valence-corrected chi connectivity index (χ2v) is 8.65. The van der Waals surface area contributed by atoms with Crippen LogP contribution in [-0.2, 0) is 26.7 Å². The summed E-state index contributed by atoms with van der Waals surface area (Å²) in [5, 5.41) is 5.02. The van der Waals surface area contributed by atoms with Crippen LogP contribution in [0.25, 0.3) is 0 Å². The number of carbonyl (C=O) groups is 2. The fourth-order valence-corrected chi connectivity index (χ4v) is 4.04. The lowest BCUT2D eigenvalue weighted by atomic mass is 10.1. The van der Waals surface area contributed by atoms with Gasteiger partial charge in [0.15, 0.2) is 11.6 Å². The molecular formula is C22H20F6N6O5. The Balaban J connectivity index is 1.32. The summed E-state index contributed by atoms with van der Waals surface area (Å²) in [5.41, 5.74) is -4.55. The summed E-state index contributed by atoms with van der Waals surface area (Å²) in [5.74, 6) is -1.24. The van der Waals surface area contributed by atoms with Gasteiger partial charge < -0.3 is 14.4 Å². The van der Waals surface area contributed by atoms with Gasteiger partial charge in [-0.25, -0.2) is 10.1 Å². The molecule has 0 saturated carbocycles. The first-order valence-corrected chi connectivity index (χ1v) is 11.3. The number of halogens is 6. The summed E-state index contributed by atoms with van der Waals surface area (Å²) in [7, 11) is 0. The minimum absolute atomic E-state index is 0.0446. The number of fused-ring (bicyclic) bond motifs is 3. The molecular weight excluding hydrogens is 542 g/mol. The van der Waals surface area contributed by atoms with E-state index >= 15 is 0 Å². The van der Waals surface area contributed by atoms with Crippen molar-refractivity contribution in [2.75, 3.05) is 37.8 Å². The molecule has 1 N–H and O–H groups in total. The summed E-state index contributed by atoms with van der Waals surface area (Å²) in [4.78, 5) is 46.9. The number of carbonyl (C=O) groups excluding carboxylic acids is 2. The normalized spacial score (nSPS) is 18.0. The van der Waals surface area contributed by atoms with E-state index in [2.05, 4.69) is 15.1 Å². The second-order valence-electron chi connectivity index (χ2n) is 8.65. The highest BCUT2D eigenvalue weighted by Gasteiger charge is 2.42. The monoisotopic (exact) mass is 562 g/mol. The van der Waals surface area contributed by atoms with Crippen LogP contribution in [0.4, 0.5) is 37.8 Å². The van der Waals surface area contributed by atoms with Crippen molar-refractivity contribution >= 4 is 29.0 Å². The van der Waals surface area contributed by atoms with E-state index in [1.165, 1.54) is 16.7 Å². The van der Waals surface area contributed by atoms with Gasteiger partial charge in [-0.2, -0.15) is 31.4 Å². The first-order chi connectivity index (χ1) is 18.3. The summed E-state index contributed by atoms with van der Waals surface area (Å²) in [6, 6.07) is 0.107. The van der Waals surface area contributed by atoms with E-state index in [1.54, 1.807) is 5.10 Å². The molecule has 1 saturated heterocycles. The van der Waals surface area contributed by atoms with Crippen LogP contribution in [0.15, 0.2) is 28.2 Å². The van der Waals surface area contributed by atoms with Crippen LogP contribution in [0.1, 0.15) is 24.5 Å². The third kappa shape index (κ3) is 6.18. The van der Waals surface area contributed by atoms with Gasteiger partial charge in [0.1, 0.15) is 24.4 Å². The predicted octanol–water partition coefficient (Wildman–Crippen LogP) is 2.34. The predicted molar refractivity (Wildman–Crippen MR) is 121 cm³/mol. The first kappa shape index (κ1) is 28.0. The van der Waals surface area contributed by atoms with Crippen molar-refractivity contribution in [2.45, 2.75) is 31.7 Å². The van der Waals surface area contributed by atoms with Crippen LogP contribution in [-0.4, -0.2) is 76.6 Å². The molecule has 2 aliphatic rings. The van der Waals surface area contributed by atoms with Gasteiger partial charge in [-0.15, -0.1) is 0 Å².